The molecule has 0 radical (unpaired) electrons. The second-order valence-corrected chi connectivity index (χ2v) is 2.90. The van der Waals surface area contributed by atoms with Crippen LogP contribution in [0.4, 0.5) is 0 Å². The van der Waals surface area contributed by atoms with Crippen molar-refractivity contribution in [1.82, 2.24) is 0 Å². The number of hydrogen-bond donors (Lipinski definition) is 2. The van der Waals surface area contributed by atoms with Gasteiger partial charge in [-0.05, 0) is 12.8 Å². The van der Waals surface area contributed by atoms with Crippen LogP contribution in [0.25, 0.3) is 0 Å². The molecule has 4 heteroatoms. The topological polar surface area (TPSA) is 58.9 Å². The summed E-state index contributed by atoms with van der Waals surface area (Å²) >= 11 is 0. The smallest absolute Gasteiger partial charge is 0.158 e. The van der Waals surface area contributed by atoms with Gasteiger partial charge < -0.3 is 19.7 Å². The zero-order chi connectivity index (χ0) is 8.81. The standard InChI is InChI=1S/C8H16O4/c9-4-1-2-8-11-6-7(12-8)3-5-10/h7-10H,1-6H2. The van der Waals surface area contributed by atoms with E-state index in [1.54, 1.807) is 0 Å². The van der Waals surface area contributed by atoms with E-state index >= 15 is 0 Å². The molecule has 1 aliphatic rings. The summed E-state index contributed by atoms with van der Waals surface area (Å²) in [5, 5.41) is 17.2. The Morgan fingerprint density at radius 2 is 2.00 bits per heavy atom. The summed E-state index contributed by atoms with van der Waals surface area (Å²) in [7, 11) is 0. The van der Waals surface area contributed by atoms with Crippen LogP contribution in [-0.2, 0) is 9.47 Å². The van der Waals surface area contributed by atoms with Crippen molar-refractivity contribution in [2.75, 3.05) is 19.8 Å². The van der Waals surface area contributed by atoms with Gasteiger partial charge in [0, 0.05) is 19.6 Å². The first-order valence-electron chi connectivity index (χ1n) is 4.35. The Labute approximate surface area is 72.1 Å². The van der Waals surface area contributed by atoms with Crippen LogP contribution in [0.1, 0.15) is 19.3 Å². The molecule has 12 heavy (non-hydrogen) atoms. The monoisotopic (exact) mass is 176 g/mol. The molecule has 0 saturated carbocycles. The highest BCUT2D eigenvalue weighted by Crippen LogP contribution is 2.17. The zero-order valence-corrected chi connectivity index (χ0v) is 7.11. The SMILES string of the molecule is OCCCC1OCC(CCO)O1. The van der Waals surface area contributed by atoms with Crippen molar-refractivity contribution in [2.24, 2.45) is 0 Å². The molecule has 0 spiro atoms. The summed E-state index contributed by atoms with van der Waals surface area (Å²) in [5.41, 5.74) is 0. The number of ether oxygens (including phenoxy) is 2. The number of aliphatic hydroxyl groups is 2. The average Bonchev–Trinajstić information content (AvgIpc) is 2.50. The third-order valence-corrected chi connectivity index (χ3v) is 1.86. The first-order chi connectivity index (χ1) is 5.86. The van der Waals surface area contributed by atoms with Crippen LogP contribution in [0.2, 0.25) is 0 Å². The molecule has 4 nitrogen and oxygen atoms in total. The summed E-state index contributed by atoms with van der Waals surface area (Å²) in [6.45, 7) is 0.880. The predicted octanol–water partition coefficient (Wildman–Crippen LogP) is -0.117. The molecule has 72 valence electrons. The largest absolute Gasteiger partial charge is 0.396 e. The van der Waals surface area contributed by atoms with Crippen LogP contribution in [0.5, 0.6) is 0 Å². The van der Waals surface area contributed by atoms with E-state index < -0.39 is 0 Å². The van der Waals surface area contributed by atoms with Crippen LogP contribution < -0.4 is 0 Å². The summed E-state index contributed by atoms with van der Waals surface area (Å²) in [6, 6.07) is 0. The first-order valence-corrected chi connectivity index (χ1v) is 4.35. The molecule has 2 N–H and O–H groups in total. The van der Waals surface area contributed by atoms with Gasteiger partial charge in [0.15, 0.2) is 6.29 Å². The predicted molar refractivity (Wildman–Crippen MR) is 42.6 cm³/mol. The summed E-state index contributed by atoms with van der Waals surface area (Å²) in [4.78, 5) is 0. The molecule has 0 aromatic heterocycles. The van der Waals surface area contributed by atoms with E-state index in [9.17, 15) is 0 Å². The van der Waals surface area contributed by atoms with Crippen molar-refractivity contribution in [2.45, 2.75) is 31.7 Å². The van der Waals surface area contributed by atoms with E-state index in [-0.39, 0.29) is 25.6 Å². The maximum absolute atomic E-state index is 8.61. The van der Waals surface area contributed by atoms with Gasteiger partial charge in [0.25, 0.3) is 0 Å². The quantitative estimate of drug-likeness (QED) is 0.613. The highest BCUT2D eigenvalue weighted by atomic mass is 16.7. The Balaban J connectivity index is 2.08. The van der Waals surface area contributed by atoms with Gasteiger partial charge in [-0.1, -0.05) is 0 Å². The van der Waals surface area contributed by atoms with E-state index in [0.29, 0.717) is 19.4 Å². The molecule has 0 aromatic rings. The minimum Gasteiger partial charge on any atom is -0.396 e. The van der Waals surface area contributed by atoms with Crippen molar-refractivity contribution in [3.63, 3.8) is 0 Å². The number of hydrogen-bond acceptors (Lipinski definition) is 4. The fourth-order valence-corrected chi connectivity index (χ4v) is 1.21. The summed E-state index contributed by atoms with van der Waals surface area (Å²) in [6.07, 6.45) is 1.94. The van der Waals surface area contributed by atoms with Crippen LogP contribution in [0, 0.1) is 0 Å². The lowest BCUT2D eigenvalue weighted by atomic mass is 10.3. The first kappa shape index (κ1) is 9.92. The van der Waals surface area contributed by atoms with Crippen molar-refractivity contribution in [3.05, 3.63) is 0 Å². The number of aliphatic hydroxyl groups excluding tert-OH is 2. The Morgan fingerprint density at radius 3 is 2.67 bits per heavy atom. The molecule has 2 unspecified atom stereocenters. The molecule has 2 atom stereocenters. The molecule has 1 heterocycles. The molecule has 0 amide bonds. The normalized spacial score (nSPS) is 29.5. The molecular formula is C8H16O4. The van der Waals surface area contributed by atoms with Gasteiger partial charge in [-0.15, -0.1) is 0 Å². The van der Waals surface area contributed by atoms with E-state index in [0.717, 1.165) is 6.42 Å². The van der Waals surface area contributed by atoms with Gasteiger partial charge in [-0.3, -0.25) is 0 Å². The molecule has 0 aromatic carbocycles. The van der Waals surface area contributed by atoms with E-state index in [1.165, 1.54) is 0 Å². The lowest BCUT2D eigenvalue weighted by molar-refractivity contribution is -0.0670. The lowest BCUT2D eigenvalue weighted by Gasteiger charge is -2.09. The fraction of sp³-hybridized carbons (Fsp3) is 1.00. The van der Waals surface area contributed by atoms with E-state index in [1.807, 2.05) is 0 Å². The second kappa shape index (κ2) is 5.48. The van der Waals surface area contributed by atoms with E-state index in [2.05, 4.69) is 0 Å². The van der Waals surface area contributed by atoms with Crippen molar-refractivity contribution < 1.29 is 19.7 Å². The summed E-state index contributed by atoms with van der Waals surface area (Å²) in [5.74, 6) is 0. The molecule has 0 bridgehead atoms. The molecule has 1 saturated heterocycles. The van der Waals surface area contributed by atoms with Crippen LogP contribution >= 0.6 is 0 Å². The minimum absolute atomic E-state index is 0.0405. The van der Waals surface area contributed by atoms with Crippen molar-refractivity contribution in [3.8, 4) is 0 Å². The molecule has 1 rings (SSSR count). The van der Waals surface area contributed by atoms with Crippen LogP contribution in [-0.4, -0.2) is 42.4 Å². The van der Waals surface area contributed by atoms with Gasteiger partial charge >= 0.3 is 0 Å². The second-order valence-electron chi connectivity index (χ2n) is 2.90. The lowest BCUT2D eigenvalue weighted by Crippen LogP contribution is -2.14. The Morgan fingerprint density at radius 1 is 1.17 bits per heavy atom. The molecule has 1 aliphatic heterocycles. The average molecular weight is 176 g/mol. The Kier molecular flexibility index (Phi) is 4.53. The highest BCUT2D eigenvalue weighted by molar-refractivity contribution is 4.64. The highest BCUT2D eigenvalue weighted by Gasteiger charge is 2.24. The van der Waals surface area contributed by atoms with Gasteiger partial charge in [-0.25, -0.2) is 0 Å². The molecule has 1 fully saturated rings. The van der Waals surface area contributed by atoms with Gasteiger partial charge in [0.05, 0.1) is 12.7 Å². The van der Waals surface area contributed by atoms with Crippen molar-refractivity contribution in [1.29, 1.82) is 0 Å². The molecular weight excluding hydrogens is 160 g/mol. The maximum atomic E-state index is 8.61. The third-order valence-electron chi connectivity index (χ3n) is 1.86. The zero-order valence-electron chi connectivity index (χ0n) is 7.11. The van der Waals surface area contributed by atoms with Crippen LogP contribution in [0.3, 0.4) is 0 Å². The summed E-state index contributed by atoms with van der Waals surface area (Å²) < 4.78 is 10.7. The van der Waals surface area contributed by atoms with Crippen molar-refractivity contribution >= 4 is 0 Å². The molecule has 0 aliphatic carbocycles. The maximum Gasteiger partial charge on any atom is 0.158 e. The third kappa shape index (κ3) is 3.06. The Hall–Kier alpha value is -0.160. The van der Waals surface area contributed by atoms with E-state index in [4.69, 9.17) is 19.7 Å². The van der Waals surface area contributed by atoms with Crippen LogP contribution in [0.15, 0.2) is 0 Å². The Bertz CT molecular complexity index is 118. The minimum atomic E-state index is -0.173. The van der Waals surface area contributed by atoms with Gasteiger partial charge in [0.2, 0.25) is 0 Å². The fourth-order valence-electron chi connectivity index (χ4n) is 1.21. The van der Waals surface area contributed by atoms with Gasteiger partial charge in [-0.2, -0.15) is 0 Å². The number of rotatable bonds is 5. The van der Waals surface area contributed by atoms with Gasteiger partial charge in [0.1, 0.15) is 0 Å².